The van der Waals surface area contributed by atoms with Crippen molar-refractivity contribution in [2.45, 2.75) is 26.3 Å². The first-order valence-corrected chi connectivity index (χ1v) is 7.77. The number of rotatable bonds is 6. The van der Waals surface area contributed by atoms with E-state index in [-0.39, 0.29) is 17.6 Å². The van der Waals surface area contributed by atoms with E-state index in [2.05, 4.69) is 10.6 Å². The van der Waals surface area contributed by atoms with Gasteiger partial charge in [-0.3, -0.25) is 0 Å². The van der Waals surface area contributed by atoms with Crippen LogP contribution in [0.4, 0.5) is 10.5 Å². The zero-order valence-electron chi connectivity index (χ0n) is 11.9. The molecule has 5 nitrogen and oxygen atoms in total. The zero-order chi connectivity index (χ0) is 15.1. The smallest absolute Gasteiger partial charge is 0.335 e. The van der Waals surface area contributed by atoms with Gasteiger partial charge in [-0.1, -0.05) is 6.92 Å². The lowest BCUT2D eigenvalue weighted by atomic mass is 10.1. The van der Waals surface area contributed by atoms with Crippen molar-refractivity contribution in [1.82, 2.24) is 5.32 Å². The summed E-state index contributed by atoms with van der Waals surface area (Å²) in [6.45, 7) is 3.72. The van der Waals surface area contributed by atoms with Gasteiger partial charge in [-0.2, -0.15) is 11.8 Å². The van der Waals surface area contributed by atoms with Crippen molar-refractivity contribution < 1.29 is 14.7 Å². The first-order chi connectivity index (χ1) is 9.47. The Morgan fingerprint density at radius 2 is 2.10 bits per heavy atom. The summed E-state index contributed by atoms with van der Waals surface area (Å²) < 4.78 is 0. The summed E-state index contributed by atoms with van der Waals surface area (Å²) in [6.07, 6.45) is 2.86. The minimum absolute atomic E-state index is 0.129. The van der Waals surface area contributed by atoms with Gasteiger partial charge in [-0.25, -0.2) is 9.59 Å². The van der Waals surface area contributed by atoms with Crippen LogP contribution in [0.15, 0.2) is 18.2 Å². The fourth-order valence-electron chi connectivity index (χ4n) is 1.80. The van der Waals surface area contributed by atoms with Crippen LogP contribution in [0, 0.1) is 6.92 Å². The predicted molar refractivity (Wildman–Crippen MR) is 82.8 cm³/mol. The molecule has 0 aromatic heterocycles. The minimum Gasteiger partial charge on any atom is -0.478 e. The van der Waals surface area contributed by atoms with E-state index in [1.165, 1.54) is 6.07 Å². The Bertz CT molecular complexity index is 491. The van der Waals surface area contributed by atoms with Gasteiger partial charge in [-0.05, 0) is 43.4 Å². The Morgan fingerprint density at radius 1 is 1.40 bits per heavy atom. The van der Waals surface area contributed by atoms with Crippen LogP contribution < -0.4 is 10.6 Å². The average Bonchev–Trinajstić information content (AvgIpc) is 2.37. The maximum absolute atomic E-state index is 11.8. The van der Waals surface area contributed by atoms with Crippen LogP contribution in [0.2, 0.25) is 0 Å². The first kappa shape index (κ1) is 16.4. The topological polar surface area (TPSA) is 78.4 Å². The van der Waals surface area contributed by atoms with Crippen LogP contribution in [-0.2, 0) is 0 Å². The van der Waals surface area contributed by atoms with Gasteiger partial charge in [0.1, 0.15) is 0 Å². The molecule has 110 valence electrons. The molecule has 6 heteroatoms. The summed E-state index contributed by atoms with van der Waals surface area (Å²) >= 11 is 1.68. The summed E-state index contributed by atoms with van der Waals surface area (Å²) in [5.74, 6) is -0.106. The van der Waals surface area contributed by atoms with Gasteiger partial charge in [0, 0.05) is 17.5 Å². The molecule has 0 saturated carbocycles. The molecule has 3 N–H and O–H groups in total. The quantitative estimate of drug-likeness (QED) is 0.754. The summed E-state index contributed by atoms with van der Waals surface area (Å²) in [5.41, 5.74) is 1.44. The number of hydrogen-bond donors (Lipinski definition) is 3. The number of carboxylic acids is 1. The van der Waals surface area contributed by atoms with Crippen LogP contribution in [0.25, 0.3) is 0 Å². The van der Waals surface area contributed by atoms with Crippen LogP contribution in [0.5, 0.6) is 0 Å². The highest BCUT2D eigenvalue weighted by Gasteiger charge is 2.11. The second-order valence-corrected chi connectivity index (χ2v) is 5.40. The molecule has 0 aliphatic heterocycles. The molecule has 1 unspecified atom stereocenters. The second-order valence-electron chi connectivity index (χ2n) is 4.49. The molecule has 0 fully saturated rings. The van der Waals surface area contributed by atoms with Gasteiger partial charge in [0.05, 0.1) is 5.56 Å². The third-order valence-electron chi connectivity index (χ3n) is 2.91. The minimum atomic E-state index is -0.968. The van der Waals surface area contributed by atoms with Crippen molar-refractivity contribution >= 4 is 29.4 Å². The lowest BCUT2D eigenvalue weighted by Gasteiger charge is -2.16. The van der Waals surface area contributed by atoms with Crippen molar-refractivity contribution in [2.75, 3.05) is 17.3 Å². The lowest BCUT2D eigenvalue weighted by molar-refractivity contribution is 0.0696. The Hall–Kier alpha value is -1.69. The lowest BCUT2D eigenvalue weighted by Crippen LogP contribution is -2.39. The van der Waals surface area contributed by atoms with Crippen LogP contribution in [-0.4, -0.2) is 35.2 Å². The number of hydrogen-bond acceptors (Lipinski definition) is 3. The predicted octanol–water partition coefficient (Wildman–Crippen LogP) is 2.96. The zero-order valence-corrected chi connectivity index (χ0v) is 12.7. The monoisotopic (exact) mass is 296 g/mol. The molecule has 0 radical (unpaired) electrons. The molecule has 0 spiro atoms. The maximum Gasteiger partial charge on any atom is 0.335 e. The molecular formula is C14H20N2O3S. The van der Waals surface area contributed by atoms with Crippen LogP contribution in [0.1, 0.15) is 29.3 Å². The Morgan fingerprint density at radius 3 is 2.60 bits per heavy atom. The molecule has 0 heterocycles. The van der Waals surface area contributed by atoms with E-state index < -0.39 is 5.97 Å². The number of nitrogens with one attached hydrogen (secondary N) is 2. The van der Waals surface area contributed by atoms with Crippen molar-refractivity contribution in [2.24, 2.45) is 0 Å². The van der Waals surface area contributed by atoms with E-state index in [1.54, 1.807) is 30.8 Å². The molecule has 0 bridgehead atoms. The Kier molecular flexibility index (Phi) is 6.38. The van der Waals surface area contributed by atoms with E-state index >= 15 is 0 Å². The highest BCUT2D eigenvalue weighted by molar-refractivity contribution is 7.98. The molecule has 0 aliphatic rings. The van der Waals surface area contributed by atoms with Gasteiger partial charge >= 0.3 is 12.0 Å². The van der Waals surface area contributed by atoms with Crippen molar-refractivity contribution in [1.29, 1.82) is 0 Å². The maximum atomic E-state index is 11.8. The number of carbonyl (C=O) groups is 2. The number of carboxylic acid groups (broad SMARTS) is 1. The number of anilines is 1. The molecule has 1 rings (SSSR count). The van der Waals surface area contributed by atoms with Crippen molar-refractivity contribution in [3.8, 4) is 0 Å². The Labute approximate surface area is 123 Å². The normalized spacial score (nSPS) is 11.8. The van der Waals surface area contributed by atoms with Gasteiger partial charge in [-0.15, -0.1) is 0 Å². The molecule has 20 heavy (non-hydrogen) atoms. The van der Waals surface area contributed by atoms with Crippen LogP contribution in [0.3, 0.4) is 0 Å². The third-order valence-corrected chi connectivity index (χ3v) is 3.65. The first-order valence-electron chi connectivity index (χ1n) is 6.38. The molecule has 0 aliphatic carbocycles. The number of carbonyl (C=O) groups excluding carboxylic acids is 1. The molecule has 1 aromatic carbocycles. The van der Waals surface area contributed by atoms with Crippen molar-refractivity contribution in [3.63, 3.8) is 0 Å². The highest BCUT2D eigenvalue weighted by atomic mass is 32.2. The number of benzene rings is 1. The largest absolute Gasteiger partial charge is 0.478 e. The fourth-order valence-corrected chi connectivity index (χ4v) is 2.52. The molecule has 1 aromatic rings. The van der Waals surface area contributed by atoms with E-state index in [0.717, 1.165) is 12.2 Å². The van der Waals surface area contributed by atoms with Gasteiger partial charge in [0.2, 0.25) is 0 Å². The SMILES string of the molecule is CCC(CSC)NC(=O)Nc1ccc(C(=O)O)c(C)c1. The molecule has 0 saturated heterocycles. The highest BCUT2D eigenvalue weighted by Crippen LogP contribution is 2.15. The van der Waals surface area contributed by atoms with Crippen LogP contribution >= 0.6 is 11.8 Å². The molecule has 2 amide bonds. The van der Waals surface area contributed by atoms with E-state index in [0.29, 0.717) is 11.3 Å². The van der Waals surface area contributed by atoms with Crippen molar-refractivity contribution in [3.05, 3.63) is 29.3 Å². The van der Waals surface area contributed by atoms with E-state index in [9.17, 15) is 9.59 Å². The third kappa shape index (κ3) is 4.77. The summed E-state index contributed by atoms with van der Waals surface area (Å²) in [6, 6.07) is 4.59. The number of aryl methyl sites for hydroxylation is 1. The second kappa shape index (κ2) is 7.79. The van der Waals surface area contributed by atoms with Gasteiger partial charge in [0.25, 0.3) is 0 Å². The summed E-state index contributed by atoms with van der Waals surface area (Å²) in [4.78, 5) is 22.7. The average molecular weight is 296 g/mol. The molecule has 1 atom stereocenters. The number of aromatic carboxylic acids is 1. The van der Waals surface area contributed by atoms with E-state index in [1.807, 2.05) is 13.2 Å². The number of amides is 2. The molecular weight excluding hydrogens is 276 g/mol. The number of urea groups is 1. The van der Waals surface area contributed by atoms with Gasteiger partial charge in [0.15, 0.2) is 0 Å². The standard InChI is InChI=1S/C14H20N2O3S/c1-4-10(8-20-3)15-14(19)16-11-5-6-12(13(17)18)9(2)7-11/h5-7,10H,4,8H2,1-3H3,(H,17,18)(H2,15,16,19). The Balaban J connectivity index is 2.66. The fraction of sp³-hybridized carbons (Fsp3) is 0.429. The summed E-state index contributed by atoms with van der Waals surface area (Å²) in [5, 5.41) is 14.6. The number of thioether (sulfide) groups is 1. The van der Waals surface area contributed by atoms with Gasteiger partial charge < -0.3 is 15.7 Å². The summed E-state index contributed by atoms with van der Waals surface area (Å²) in [7, 11) is 0. The van der Waals surface area contributed by atoms with E-state index in [4.69, 9.17) is 5.11 Å².